The fourth-order valence-electron chi connectivity index (χ4n) is 3.40. The summed E-state index contributed by atoms with van der Waals surface area (Å²) in [7, 11) is 0. The van der Waals surface area contributed by atoms with E-state index in [-0.39, 0.29) is 11.9 Å². The number of aliphatic imine (C=N–C) groups is 1. The fourth-order valence-corrected chi connectivity index (χ4v) is 3.59. The smallest absolute Gasteiger partial charge is 0.258 e. The molecule has 1 atom stereocenters. The number of nitrogens with zero attached hydrogens (tertiary/aromatic N) is 2. The summed E-state index contributed by atoms with van der Waals surface area (Å²) in [5.74, 6) is 0.0675. The van der Waals surface area contributed by atoms with E-state index in [0.717, 1.165) is 22.5 Å². The van der Waals surface area contributed by atoms with Crippen molar-refractivity contribution in [2.45, 2.75) is 19.4 Å². The number of aromatic nitrogens is 2. The lowest BCUT2D eigenvalue weighted by molar-refractivity contribution is 0.0977. The number of carbonyl (C=O) groups is 1. The van der Waals surface area contributed by atoms with E-state index in [1.807, 2.05) is 49.4 Å². The predicted octanol–water partition coefficient (Wildman–Crippen LogP) is 5.56. The Morgan fingerprint density at radius 1 is 1.03 bits per heavy atom. The zero-order valence-corrected chi connectivity index (χ0v) is 18.9. The maximum absolute atomic E-state index is 12.8. The minimum absolute atomic E-state index is 0.101. The van der Waals surface area contributed by atoms with Crippen molar-refractivity contribution in [3.05, 3.63) is 108 Å². The molecule has 1 aromatic heterocycles. The molecule has 33 heavy (non-hydrogen) atoms. The second kappa shape index (κ2) is 10.6. The molecular weight excluding hydrogens is 434 g/mol. The first-order valence-electron chi connectivity index (χ1n) is 10.6. The van der Waals surface area contributed by atoms with Crippen LogP contribution in [0.1, 0.15) is 23.0 Å². The lowest BCUT2D eigenvalue weighted by Gasteiger charge is -2.15. The maximum atomic E-state index is 12.8. The molecule has 0 saturated heterocycles. The van der Waals surface area contributed by atoms with Crippen LogP contribution in [0.2, 0.25) is 5.02 Å². The summed E-state index contributed by atoms with van der Waals surface area (Å²) < 4.78 is 0. The molecule has 6 nitrogen and oxygen atoms in total. The van der Waals surface area contributed by atoms with Crippen molar-refractivity contribution in [1.82, 2.24) is 15.3 Å². The summed E-state index contributed by atoms with van der Waals surface area (Å²) in [6, 6.07) is 24.8. The Kier molecular flexibility index (Phi) is 7.17. The molecule has 3 aromatic carbocycles. The largest absolute Gasteiger partial charge is 0.348 e. The van der Waals surface area contributed by atoms with Crippen LogP contribution in [0.5, 0.6) is 0 Å². The van der Waals surface area contributed by atoms with Crippen LogP contribution in [0.4, 0.5) is 5.69 Å². The van der Waals surface area contributed by atoms with E-state index in [2.05, 4.69) is 32.7 Å². The van der Waals surface area contributed by atoms with Gasteiger partial charge in [0.15, 0.2) is 0 Å². The summed E-state index contributed by atoms with van der Waals surface area (Å²) in [4.78, 5) is 24.7. The first kappa shape index (κ1) is 22.3. The van der Waals surface area contributed by atoms with Crippen LogP contribution in [0, 0.1) is 0 Å². The maximum Gasteiger partial charge on any atom is 0.258 e. The van der Waals surface area contributed by atoms with E-state index in [1.165, 1.54) is 0 Å². The number of aromatic amines is 1. The quantitative estimate of drug-likeness (QED) is 0.262. The summed E-state index contributed by atoms with van der Waals surface area (Å²) in [5.41, 5.74) is 4.49. The molecule has 0 saturated carbocycles. The molecule has 0 aliphatic carbocycles. The predicted molar refractivity (Wildman–Crippen MR) is 134 cm³/mol. The molecule has 166 valence electrons. The SMILES string of the molecule is C[C@@H](Cc1cnc[nH]1)N=C(NC(=O)c1cccc(Cl)c1)Nc1ccc(-c2ccccc2)cc1. The van der Waals surface area contributed by atoms with Gasteiger partial charge in [-0.1, -0.05) is 60.1 Å². The van der Waals surface area contributed by atoms with Gasteiger partial charge in [0.25, 0.3) is 5.91 Å². The highest BCUT2D eigenvalue weighted by molar-refractivity contribution is 6.31. The molecule has 1 heterocycles. The number of imidazole rings is 1. The average molecular weight is 458 g/mol. The van der Waals surface area contributed by atoms with Crippen molar-refractivity contribution in [2.75, 3.05) is 5.32 Å². The standard InChI is InChI=1S/C26H24ClN5O/c1-18(14-24-16-28-17-29-24)30-26(32-25(33)21-8-5-9-22(27)15-21)31-23-12-10-20(11-13-23)19-6-3-2-4-7-19/h2-13,15-18H,14H2,1H3,(H,28,29)(H2,30,31,32,33)/t18-/m0/s1. The Labute approximate surface area is 197 Å². The number of hydrogen-bond acceptors (Lipinski definition) is 3. The van der Waals surface area contributed by atoms with Crippen molar-refractivity contribution in [1.29, 1.82) is 0 Å². The molecule has 0 aliphatic heterocycles. The second-order valence-corrected chi connectivity index (χ2v) is 8.08. The van der Waals surface area contributed by atoms with Crippen LogP contribution in [-0.2, 0) is 6.42 Å². The molecule has 4 aromatic rings. The van der Waals surface area contributed by atoms with Gasteiger partial charge >= 0.3 is 0 Å². The van der Waals surface area contributed by atoms with E-state index in [9.17, 15) is 4.79 Å². The number of carbonyl (C=O) groups excluding carboxylic acids is 1. The van der Waals surface area contributed by atoms with Gasteiger partial charge in [0, 0.05) is 34.6 Å². The highest BCUT2D eigenvalue weighted by Crippen LogP contribution is 2.21. The van der Waals surface area contributed by atoms with E-state index in [4.69, 9.17) is 16.6 Å². The third-order valence-corrected chi connectivity index (χ3v) is 5.23. The number of halogens is 1. The summed E-state index contributed by atoms with van der Waals surface area (Å²) in [6.45, 7) is 1.98. The molecule has 0 radical (unpaired) electrons. The fraction of sp³-hybridized carbons (Fsp3) is 0.115. The van der Waals surface area contributed by atoms with Crippen LogP contribution in [0.3, 0.4) is 0 Å². The monoisotopic (exact) mass is 457 g/mol. The van der Waals surface area contributed by atoms with E-state index >= 15 is 0 Å². The van der Waals surface area contributed by atoms with Gasteiger partial charge in [-0.25, -0.2) is 9.98 Å². The molecule has 1 amide bonds. The number of guanidine groups is 1. The molecule has 0 aliphatic rings. The van der Waals surface area contributed by atoms with Crippen LogP contribution in [-0.4, -0.2) is 27.9 Å². The van der Waals surface area contributed by atoms with Gasteiger partial charge in [-0.2, -0.15) is 0 Å². The lowest BCUT2D eigenvalue weighted by Crippen LogP contribution is -2.37. The van der Waals surface area contributed by atoms with Gasteiger partial charge in [0.05, 0.1) is 12.4 Å². The number of amides is 1. The van der Waals surface area contributed by atoms with Gasteiger partial charge in [0.1, 0.15) is 0 Å². The molecular formula is C26H24ClN5O. The molecule has 0 spiro atoms. The molecule has 0 fully saturated rings. The Bertz CT molecular complexity index is 1220. The molecule has 0 unspecified atom stereocenters. The number of benzene rings is 3. The van der Waals surface area contributed by atoms with Crippen molar-refractivity contribution >= 4 is 29.2 Å². The summed E-state index contributed by atoms with van der Waals surface area (Å²) >= 11 is 6.05. The first-order valence-corrected chi connectivity index (χ1v) is 11.0. The number of anilines is 1. The van der Waals surface area contributed by atoms with Gasteiger partial charge in [-0.3, -0.25) is 10.1 Å². The number of H-pyrrole nitrogens is 1. The van der Waals surface area contributed by atoms with E-state index in [0.29, 0.717) is 23.0 Å². The molecule has 3 N–H and O–H groups in total. The third kappa shape index (κ3) is 6.30. The van der Waals surface area contributed by atoms with Crippen molar-refractivity contribution in [3.8, 4) is 11.1 Å². The highest BCUT2D eigenvalue weighted by Gasteiger charge is 2.12. The number of nitrogens with one attached hydrogen (secondary N) is 3. The second-order valence-electron chi connectivity index (χ2n) is 7.64. The van der Waals surface area contributed by atoms with Crippen molar-refractivity contribution in [2.24, 2.45) is 4.99 Å². The zero-order valence-electron chi connectivity index (χ0n) is 18.1. The lowest BCUT2D eigenvalue weighted by atomic mass is 10.1. The van der Waals surface area contributed by atoms with Crippen LogP contribution in [0.15, 0.2) is 96.4 Å². The minimum Gasteiger partial charge on any atom is -0.348 e. The third-order valence-electron chi connectivity index (χ3n) is 4.99. The summed E-state index contributed by atoms with van der Waals surface area (Å²) in [6.07, 6.45) is 4.07. The minimum atomic E-state index is -0.293. The Morgan fingerprint density at radius 3 is 2.48 bits per heavy atom. The average Bonchev–Trinajstić information content (AvgIpc) is 3.33. The van der Waals surface area contributed by atoms with Crippen molar-refractivity contribution < 1.29 is 4.79 Å². The van der Waals surface area contributed by atoms with Crippen LogP contribution >= 0.6 is 11.6 Å². The zero-order chi connectivity index (χ0) is 23.0. The summed E-state index contributed by atoms with van der Waals surface area (Å²) in [5, 5.41) is 6.62. The van der Waals surface area contributed by atoms with Gasteiger partial charge in [0.2, 0.25) is 5.96 Å². The molecule has 0 bridgehead atoms. The van der Waals surface area contributed by atoms with Gasteiger partial charge in [-0.15, -0.1) is 0 Å². The molecule has 4 rings (SSSR count). The molecule has 7 heteroatoms. The first-order chi connectivity index (χ1) is 16.1. The Morgan fingerprint density at radius 2 is 1.79 bits per heavy atom. The highest BCUT2D eigenvalue weighted by atomic mass is 35.5. The van der Waals surface area contributed by atoms with Crippen molar-refractivity contribution in [3.63, 3.8) is 0 Å². The van der Waals surface area contributed by atoms with Crippen LogP contribution in [0.25, 0.3) is 11.1 Å². The Hall–Kier alpha value is -3.90. The number of hydrogen-bond donors (Lipinski definition) is 3. The van der Waals surface area contributed by atoms with Gasteiger partial charge in [-0.05, 0) is 48.4 Å². The normalized spacial score (nSPS) is 12.2. The van der Waals surface area contributed by atoms with Crippen LogP contribution < -0.4 is 10.6 Å². The number of rotatable bonds is 6. The van der Waals surface area contributed by atoms with E-state index in [1.54, 1.807) is 36.8 Å². The topological polar surface area (TPSA) is 82.2 Å². The van der Waals surface area contributed by atoms with Gasteiger partial charge < -0.3 is 10.3 Å². The van der Waals surface area contributed by atoms with E-state index < -0.39 is 0 Å². The Balaban J connectivity index is 1.53.